The Hall–Kier alpha value is -0.400. The molecule has 0 N–H and O–H groups in total. The summed E-state index contributed by atoms with van der Waals surface area (Å²) in [6, 6.07) is 0. The minimum absolute atomic E-state index is 0.217. The maximum absolute atomic E-state index is 12.3. The topological polar surface area (TPSA) is 63.4 Å². The van der Waals surface area contributed by atoms with Crippen LogP contribution in [0.25, 0.3) is 0 Å². The van der Waals surface area contributed by atoms with Crippen LogP contribution in [0, 0.1) is 13.8 Å². The van der Waals surface area contributed by atoms with Gasteiger partial charge < -0.3 is 4.52 Å². The lowest BCUT2D eigenvalue weighted by Crippen LogP contribution is -2.29. The Morgan fingerprint density at radius 1 is 1.50 bits per heavy atom. The highest BCUT2D eigenvalue weighted by molar-refractivity contribution is 9.09. The van der Waals surface area contributed by atoms with E-state index in [2.05, 4.69) is 21.1 Å². The molecule has 0 radical (unpaired) electrons. The third-order valence-electron chi connectivity index (χ3n) is 2.66. The molecule has 0 aliphatic carbocycles. The highest BCUT2D eigenvalue weighted by Gasteiger charge is 2.35. The Morgan fingerprint density at radius 3 is 2.62 bits per heavy atom. The Labute approximate surface area is 103 Å². The van der Waals surface area contributed by atoms with Gasteiger partial charge in [-0.25, -0.2) is 8.42 Å². The first-order valence-electron chi connectivity index (χ1n) is 5.00. The van der Waals surface area contributed by atoms with Gasteiger partial charge in [0.25, 0.3) is 0 Å². The number of alkyl halides is 1. The van der Waals surface area contributed by atoms with E-state index in [0.29, 0.717) is 24.5 Å². The predicted octanol–water partition coefficient (Wildman–Crippen LogP) is 1.45. The minimum atomic E-state index is -3.44. The SMILES string of the molecule is Cc1noc(C)c1S(=O)(=O)N1CCC(Br)C1. The molecule has 1 fully saturated rings. The lowest BCUT2D eigenvalue weighted by Gasteiger charge is -2.14. The standard InChI is InChI=1S/C9H13BrN2O3S/c1-6-9(7(2)15-11-6)16(13,14)12-4-3-8(10)5-12/h8H,3-5H2,1-2H3. The third kappa shape index (κ3) is 1.91. The summed E-state index contributed by atoms with van der Waals surface area (Å²) in [6.07, 6.45) is 0.836. The summed E-state index contributed by atoms with van der Waals surface area (Å²) in [5, 5.41) is 3.68. The fourth-order valence-corrected chi connectivity index (χ4v) is 4.42. The molecule has 90 valence electrons. The summed E-state index contributed by atoms with van der Waals surface area (Å²) in [5.74, 6) is 0.357. The van der Waals surface area contributed by atoms with E-state index in [-0.39, 0.29) is 9.72 Å². The number of aromatic nitrogens is 1. The van der Waals surface area contributed by atoms with Crippen LogP contribution < -0.4 is 0 Å². The van der Waals surface area contributed by atoms with Gasteiger partial charge in [-0.3, -0.25) is 0 Å². The molecule has 7 heteroatoms. The molecule has 1 atom stereocenters. The van der Waals surface area contributed by atoms with E-state index in [1.54, 1.807) is 13.8 Å². The summed E-state index contributed by atoms with van der Waals surface area (Å²) in [4.78, 5) is 0.455. The van der Waals surface area contributed by atoms with Gasteiger partial charge in [0.15, 0.2) is 5.76 Å². The second-order valence-electron chi connectivity index (χ2n) is 3.90. The van der Waals surface area contributed by atoms with Gasteiger partial charge in [-0.2, -0.15) is 4.31 Å². The van der Waals surface area contributed by atoms with Crippen LogP contribution in [-0.4, -0.2) is 35.8 Å². The van der Waals surface area contributed by atoms with Crippen LogP contribution in [-0.2, 0) is 10.0 Å². The molecule has 1 aliphatic heterocycles. The van der Waals surface area contributed by atoms with Gasteiger partial charge in [-0.15, -0.1) is 0 Å². The van der Waals surface area contributed by atoms with Crippen molar-refractivity contribution in [1.82, 2.24) is 9.46 Å². The molecule has 2 heterocycles. The number of hydrogen-bond acceptors (Lipinski definition) is 4. The molecule has 16 heavy (non-hydrogen) atoms. The molecule has 1 aliphatic rings. The Morgan fingerprint density at radius 2 is 2.19 bits per heavy atom. The van der Waals surface area contributed by atoms with Gasteiger partial charge in [-0.05, 0) is 20.3 Å². The van der Waals surface area contributed by atoms with E-state index in [4.69, 9.17) is 4.52 Å². The molecule has 0 saturated carbocycles. The van der Waals surface area contributed by atoms with Crippen molar-refractivity contribution >= 4 is 26.0 Å². The first kappa shape index (κ1) is 12.1. The first-order chi connectivity index (χ1) is 7.43. The number of halogens is 1. The zero-order chi connectivity index (χ0) is 11.9. The van der Waals surface area contributed by atoms with E-state index in [1.807, 2.05) is 0 Å². The number of nitrogens with zero attached hydrogens (tertiary/aromatic N) is 2. The smallest absolute Gasteiger partial charge is 0.248 e. The fourth-order valence-electron chi connectivity index (χ4n) is 1.88. The van der Waals surface area contributed by atoms with Crippen LogP contribution in [0.3, 0.4) is 0 Å². The molecular weight excluding hydrogens is 296 g/mol. The number of rotatable bonds is 2. The molecule has 0 spiro atoms. The summed E-state index contributed by atoms with van der Waals surface area (Å²) >= 11 is 3.43. The molecule has 1 unspecified atom stereocenters. The van der Waals surface area contributed by atoms with Crippen molar-refractivity contribution < 1.29 is 12.9 Å². The molecule has 0 aromatic carbocycles. The van der Waals surface area contributed by atoms with Crippen molar-refractivity contribution in [2.45, 2.75) is 30.0 Å². The highest BCUT2D eigenvalue weighted by Crippen LogP contribution is 2.27. The van der Waals surface area contributed by atoms with E-state index >= 15 is 0 Å². The Bertz CT molecular complexity index is 477. The van der Waals surface area contributed by atoms with Crippen molar-refractivity contribution in [2.24, 2.45) is 0 Å². The predicted molar refractivity (Wildman–Crippen MR) is 62.1 cm³/mol. The molecule has 1 aromatic rings. The van der Waals surface area contributed by atoms with Crippen molar-refractivity contribution in [2.75, 3.05) is 13.1 Å². The van der Waals surface area contributed by atoms with Gasteiger partial charge in [0.05, 0.1) is 0 Å². The summed E-state index contributed by atoms with van der Waals surface area (Å²) in [6.45, 7) is 4.31. The van der Waals surface area contributed by atoms with Crippen LogP contribution in [0.2, 0.25) is 0 Å². The van der Waals surface area contributed by atoms with Crippen molar-refractivity contribution in [1.29, 1.82) is 0 Å². The van der Waals surface area contributed by atoms with Gasteiger partial charge in [-0.1, -0.05) is 21.1 Å². The van der Waals surface area contributed by atoms with Crippen molar-refractivity contribution in [3.8, 4) is 0 Å². The van der Waals surface area contributed by atoms with Gasteiger partial charge in [0.1, 0.15) is 10.6 Å². The Balaban J connectivity index is 2.40. The van der Waals surface area contributed by atoms with E-state index in [9.17, 15) is 8.42 Å². The number of aryl methyl sites for hydroxylation is 2. The molecule has 1 aromatic heterocycles. The number of sulfonamides is 1. The largest absolute Gasteiger partial charge is 0.360 e. The molecule has 5 nitrogen and oxygen atoms in total. The Kier molecular flexibility index (Phi) is 3.11. The zero-order valence-electron chi connectivity index (χ0n) is 9.10. The maximum Gasteiger partial charge on any atom is 0.248 e. The molecule has 1 saturated heterocycles. The maximum atomic E-state index is 12.3. The average molecular weight is 309 g/mol. The monoisotopic (exact) mass is 308 g/mol. The molecule has 0 bridgehead atoms. The van der Waals surface area contributed by atoms with Crippen LogP contribution in [0.15, 0.2) is 9.42 Å². The van der Waals surface area contributed by atoms with Crippen LogP contribution >= 0.6 is 15.9 Å². The van der Waals surface area contributed by atoms with Crippen molar-refractivity contribution in [3.05, 3.63) is 11.5 Å². The zero-order valence-corrected chi connectivity index (χ0v) is 11.5. The van der Waals surface area contributed by atoms with Crippen LogP contribution in [0.4, 0.5) is 0 Å². The molecular formula is C9H13BrN2O3S. The lowest BCUT2D eigenvalue weighted by atomic mass is 10.4. The highest BCUT2D eigenvalue weighted by atomic mass is 79.9. The third-order valence-corrected chi connectivity index (χ3v) is 5.52. The van der Waals surface area contributed by atoms with E-state index in [1.165, 1.54) is 4.31 Å². The second-order valence-corrected chi connectivity index (χ2v) is 7.07. The second kappa shape index (κ2) is 4.12. The van der Waals surface area contributed by atoms with Gasteiger partial charge >= 0.3 is 0 Å². The lowest BCUT2D eigenvalue weighted by molar-refractivity contribution is 0.390. The fraction of sp³-hybridized carbons (Fsp3) is 0.667. The number of hydrogen-bond donors (Lipinski definition) is 0. The summed E-state index contributed by atoms with van der Waals surface area (Å²) in [7, 11) is -3.44. The van der Waals surface area contributed by atoms with E-state index < -0.39 is 10.0 Å². The normalized spacial score (nSPS) is 22.8. The van der Waals surface area contributed by atoms with Gasteiger partial charge in [0.2, 0.25) is 10.0 Å². The molecule has 0 amide bonds. The minimum Gasteiger partial charge on any atom is -0.360 e. The van der Waals surface area contributed by atoms with E-state index in [0.717, 1.165) is 6.42 Å². The quantitative estimate of drug-likeness (QED) is 0.776. The summed E-state index contributed by atoms with van der Waals surface area (Å²) < 4.78 is 30.9. The van der Waals surface area contributed by atoms with Crippen LogP contribution in [0.5, 0.6) is 0 Å². The van der Waals surface area contributed by atoms with Crippen molar-refractivity contribution in [3.63, 3.8) is 0 Å². The summed E-state index contributed by atoms with van der Waals surface area (Å²) in [5.41, 5.74) is 0.426. The first-order valence-corrected chi connectivity index (χ1v) is 7.35. The molecule has 2 rings (SSSR count). The average Bonchev–Trinajstić information content (AvgIpc) is 2.74. The van der Waals surface area contributed by atoms with Gasteiger partial charge in [0, 0.05) is 17.9 Å². The van der Waals surface area contributed by atoms with Crippen LogP contribution in [0.1, 0.15) is 17.9 Å².